The Morgan fingerprint density at radius 2 is 1.94 bits per heavy atom. The number of hydrogen-bond acceptors (Lipinski definition) is 2. The normalized spacial score (nSPS) is 13.5. The van der Waals surface area contributed by atoms with Gasteiger partial charge in [-0.25, -0.2) is 0 Å². The van der Waals surface area contributed by atoms with Crippen LogP contribution in [0.1, 0.15) is 11.1 Å². The molecule has 0 aliphatic rings. The zero-order valence-electron chi connectivity index (χ0n) is 8.16. The summed E-state index contributed by atoms with van der Waals surface area (Å²) >= 11 is 0. The standard InChI is InChI=1S/C10H10F3NO2/c11-10(12,13)7-4-2-1-3-6(7)5-8(14)9(15)16/h1-4,8H,5,14H2,(H,15,16)/t8-/m0/s1. The van der Waals surface area contributed by atoms with Crippen molar-refractivity contribution in [1.29, 1.82) is 0 Å². The third-order valence-electron chi connectivity index (χ3n) is 2.08. The van der Waals surface area contributed by atoms with Gasteiger partial charge in [0.15, 0.2) is 0 Å². The van der Waals surface area contributed by atoms with Gasteiger partial charge in [-0.15, -0.1) is 0 Å². The second-order valence-corrected chi connectivity index (χ2v) is 3.30. The molecule has 0 spiro atoms. The molecule has 1 atom stereocenters. The van der Waals surface area contributed by atoms with Crippen molar-refractivity contribution < 1.29 is 23.1 Å². The van der Waals surface area contributed by atoms with Crippen molar-refractivity contribution in [2.45, 2.75) is 18.6 Å². The molecule has 0 aromatic heterocycles. The van der Waals surface area contributed by atoms with Gasteiger partial charge in [-0.2, -0.15) is 13.2 Å². The first kappa shape index (κ1) is 12.5. The summed E-state index contributed by atoms with van der Waals surface area (Å²) in [6.07, 6.45) is -4.83. The predicted molar refractivity (Wildman–Crippen MR) is 50.8 cm³/mol. The van der Waals surface area contributed by atoms with Gasteiger partial charge in [0, 0.05) is 0 Å². The molecule has 6 heteroatoms. The summed E-state index contributed by atoms with van der Waals surface area (Å²) in [4.78, 5) is 10.5. The van der Waals surface area contributed by atoms with Gasteiger partial charge in [0.25, 0.3) is 0 Å². The highest BCUT2D eigenvalue weighted by molar-refractivity contribution is 5.73. The molecular formula is C10H10F3NO2. The van der Waals surface area contributed by atoms with E-state index in [4.69, 9.17) is 10.8 Å². The van der Waals surface area contributed by atoms with Gasteiger partial charge in [0.1, 0.15) is 6.04 Å². The first-order valence-electron chi connectivity index (χ1n) is 4.46. The van der Waals surface area contributed by atoms with Crippen LogP contribution in [0.4, 0.5) is 13.2 Å². The van der Waals surface area contributed by atoms with Crippen LogP contribution in [0.15, 0.2) is 24.3 Å². The maximum atomic E-state index is 12.5. The molecule has 0 saturated carbocycles. The van der Waals surface area contributed by atoms with Gasteiger partial charge >= 0.3 is 12.1 Å². The maximum Gasteiger partial charge on any atom is 0.416 e. The molecule has 0 radical (unpaired) electrons. The molecule has 3 N–H and O–H groups in total. The molecule has 0 amide bonds. The van der Waals surface area contributed by atoms with Crippen molar-refractivity contribution >= 4 is 5.97 Å². The minimum atomic E-state index is -4.49. The Labute approximate surface area is 89.7 Å². The zero-order valence-corrected chi connectivity index (χ0v) is 8.16. The van der Waals surface area contributed by atoms with Gasteiger partial charge in [0.2, 0.25) is 0 Å². The lowest BCUT2D eigenvalue weighted by Gasteiger charge is -2.14. The minimum Gasteiger partial charge on any atom is -0.480 e. The highest BCUT2D eigenvalue weighted by Gasteiger charge is 2.33. The average molecular weight is 233 g/mol. The van der Waals surface area contributed by atoms with E-state index < -0.39 is 23.8 Å². The molecule has 1 aromatic carbocycles. The molecule has 16 heavy (non-hydrogen) atoms. The lowest BCUT2D eigenvalue weighted by Crippen LogP contribution is -2.33. The van der Waals surface area contributed by atoms with Crippen LogP contribution >= 0.6 is 0 Å². The summed E-state index contributed by atoms with van der Waals surface area (Å²) in [7, 11) is 0. The zero-order chi connectivity index (χ0) is 12.3. The van der Waals surface area contributed by atoms with Crippen LogP contribution < -0.4 is 5.73 Å². The fourth-order valence-corrected chi connectivity index (χ4v) is 1.30. The van der Waals surface area contributed by atoms with Gasteiger partial charge in [-0.1, -0.05) is 18.2 Å². The smallest absolute Gasteiger partial charge is 0.416 e. The van der Waals surface area contributed by atoms with Crippen molar-refractivity contribution in [2.24, 2.45) is 5.73 Å². The summed E-state index contributed by atoms with van der Waals surface area (Å²) < 4.78 is 37.5. The molecule has 88 valence electrons. The number of carboxylic acids is 1. The SMILES string of the molecule is N[C@@H](Cc1ccccc1C(F)(F)F)C(=O)O. The molecule has 0 bridgehead atoms. The highest BCUT2D eigenvalue weighted by Crippen LogP contribution is 2.32. The topological polar surface area (TPSA) is 63.3 Å². The molecule has 1 aromatic rings. The fraction of sp³-hybridized carbons (Fsp3) is 0.300. The molecule has 0 fully saturated rings. The quantitative estimate of drug-likeness (QED) is 0.834. The summed E-state index contributed by atoms with van der Waals surface area (Å²) in [5.74, 6) is -1.32. The number of alkyl halides is 3. The average Bonchev–Trinajstić information content (AvgIpc) is 2.16. The third kappa shape index (κ3) is 2.96. The monoisotopic (exact) mass is 233 g/mol. The van der Waals surface area contributed by atoms with E-state index in [1.165, 1.54) is 18.2 Å². The molecule has 0 aliphatic heterocycles. The van der Waals surface area contributed by atoms with Crippen molar-refractivity contribution in [3.05, 3.63) is 35.4 Å². The molecule has 1 rings (SSSR count). The number of hydrogen-bond donors (Lipinski definition) is 2. The molecule has 0 saturated heterocycles. The number of aliphatic carboxylic acids is 1. The Kier molecular flexibility index (Phi) is 3.54. The largest absolute Gasteiger partial charge is 0.480 e. The van der Waals surface area contributed by atoms with E-state index in [1.54, 1.807) is 0 Å². The number of carbonyl (C=O) groups is 1. The predicted octanol–water partition coefficient (Wildman–Crippen LogP) is 1.66. The van der Waals surface area contributed by atoms with Crippen LogP contribution in [0.3, 0.4) is 0 Å². The Hall–Kier alpha value is -1.56. The molecule has 0 aliphatic carbocycles. The van der Waals surface area contributed by atoms with E-state index in [0.29, 0.717) is 0 Å². The van der Waals surface area contributed by atoms with E-state index in [1.807, 2.05) is 0 Å². The van der Waals surface area contributed by atoms with Gasteiger partial charge < -0.3 is 10.8 Å². The Morgan fingerprint density at radius 1 is 1.38 bits per heavy atom. The van der Waals surface area contributed by atoms with Crippen molar-refractivity contribution in [3.63, 3.8) is 0 Å². The fourth-order valence-electron chi connectivity index (χ4n) is 1.30. The molecule has 3 nitrogen and oxygen atoms in total. The number of benzene rings is 1. The van der Waals surface area contributed by atoms with Crippen LogP contribution in [-0.4, -0.2) is 17.1 Å². The van der Waals surface area contributed by atoms with Crippen molar-refractivity contribution in [2.75, 3.05) is 0 Å². The molecular weight excluding hydrogens is 223 g/mol. The first-order chi connectivity index (χ1) is 7.32. The van der Waals surface area contributed by atoms with Crippen LogP contribution in [0.25, 0.3) is 0 Å². The minimum absolute atomic E-state index is 0.107. The second-order valence-electron chi connectivity index (χ2n) is 3.30. The highest BCUT2D eigenvalue weighted by atomic mass is 19.4. The number of halogens is 3. The summed E-state index contributed by atoms with van der Waals surface area (Å²) in [5.41, 5.74) is 4.25. The van der Waals surface area contributed by atoms with Gasteiger partial charge in [0.05, 0.1) is 5.56 Å². The van der Waals surface area contributed by atoms with Crippen LogP contribution in [0.2, 0.25) is 0 Å². The third-order valence-corrected chi connectivity index (χ3v) is 2.08. The Bertz CT molecular complexity index is 390. The van der Waals surface area contributed by atoms with Crippen molar-refractivity contribution in [1.82, 2.24) is 0 Å². The van der Waals surface area contributed by atoms with E-state index in [2.05, 4.69) is 0 Å². The summed E-state index contributed by atoms with van der Waals surface area (Å²) in [6, 6.07) is 3.47. The number of nitrogens with two attached hydrogens (primary N) is 1. The van der Waals surface area contributed by atoms with E-state index in [0.717, 1.165) is 6.07 Å². The second kappa shape index (κ2) is 4.52. The lowest BCUT2D eigenvalue weighted by molar-refractivity contribution is -0.140. The Balaban J connectivity index is 3.01. The van der Waals surface area contributed by atoms with Crippen LogP contribution in [-0.2, 0) is 17.4 Å². The van der Waals surface area contributed by atoms with E-state index in [-0.39, 0.29) is 12.0 Å². The molecule has 0 heterocycles. The van der Waals surface area contributed by atoms with Gasteiger partial charge in [-0.3, -0.25) is 4.79 Å². The molecule has 0 unspecified atom stereocenters. The van der Waals surface area contributed by atoms with Crippen LogP contribution in [0.5, 0.6) is 0 Å². The first-order valence-corrected chi connectivity index (χ1v) is 4.46. The van der Waals surface area contributed by atoms with E-state index >= 15 is 0 Å². The van der Waals surface area contributed by atoms with Gasteiger partial charge in [-0.05, 0) is 18.1 Å². The summed E-state index contributed by atoms with van der Waals surface area (Å²) in [5, 5.41) is 8.53. The Morgan fingerprint density at radius 3 is 2.44 bits per heavy atom. The summed E-state index contributed by atoms with van der Waals surface area (Å²) in [6.45, 7) is 0. The van der Waals surface area contributed by atoms with E-state index in [9.17, 15) is 18.0 Å². The van der Waals surface area contributed by atoms with Crippen molar-refractivity contribution in [3.8, 4) is 0 Å². The number of carboxylic acid groups (broad SMARTS) is 1. The number of rotatable bonds is 3. The lowest BCUT2D eigenvalue weighted by atomic mass is 10.0. The maximum absolute atomic E-state index is 12.5. The van der Waals surface area contributed by atoms with Crippen LogP contribution in [0, 0.1) is 0 Å².